The fraction of sp³-hybridized carbons (Fsp3) is 0.400. The summed E-state index contributed by atoms with van der Waals surface area (Å²) in [6.45, 7) is 4.49. The molecule has 0 aromatic heterocycles. The number of rotatable bonds is 8. The minimum atomic E-state index is -0.525. The van der Waals surface area contributed by atoms with Crippen LogP contribution in [0.1, 0.15) is 16.7 Å². The SMILES string of the molecule is Cc1ccccc1CN(C)C[C@H](O)COCc1ccc2c(c1)OCO2. The van der Waals surface area contributed by atoms with Crippen LogP contribution in [0, 0.1) is 6.92 Å². The molecule has 5 heteroatoms. The molecule has 1 N–H and O–H groups in total. The molecule has 1 atom stereocenters. The summed E-state index contributed by atoms with van der Waals surface area (Å²) in [5.41, 5.74) is 3.55. The molecule has 1 heterocycles. The molecule has 0 unspecified atom stereocenters. The summed E-state index contributed by atoms with van der Waals surface area (Å²) in [6, 6.07) is 14.1. The molecule has 0 amide bonds. The van der Waals surface area contributed by atoms with E-state index in [0.29, 0.717) is 19.8 Å². The molecule has 134 valence electrons. The zero-order chi connectivity index (χ0) is 17.6. The Labute approximate surface area is 148 Å². The van der Waals surface area contributed by atoms with Crippen LogP contribution in [-0.2, 0) is 17.9 Å². The predicted molar refractivity (Wildman–Crippen MR) is 95.7 cm³/mol. The van der Waals surface area contributed by atoms with Gasteiger partial charge in [0.25, 0.3) is 0 Å². The van der Waals surface area contributed by atoms with Gasteiger partial charge in [-0.2, -0.15) is 0 Å². The van der Waals surface area contributed by atoms with Gasteiger partial charge in [-0.15, -0.1) is 0 Å². The fourth-order valence-corrected chi connectivity index (χ4v) is 2.90. The van der Waals surface area contributed by atoms with E-state index in [0.717, 1.165) is 23.6 Å². The van der Waals surface area contributed by atoms with Gasteiger partial charge < -0.3 is 19.3 Å². The van der Waals surface area contributed by atoms with Crippen molar-refractivity contribution in [1.29, 1.82) is 0 Å². The van der Waals surface area contributed by atoms with Crippen LogP contribution < -0.4 is 9.47 Å². The topological polar surface area (TPSA) is 51.2 Å². The minimum absolute atomic E-state index is 0.269. The molecule has 0 spiro atoms. The third-order valence-electron chi connectivity index (χ3n) is 4.24. The van der Waals surface area contributed by atoms with Crippen LogP contribution in [0.2, 0.25) is 0 Å². The van der Waals surface area contributed by atoms with Gasteiger partial charge in [-0.05, 0) is 42.8 Å². The van der Waals surface area contributed by atoms with Gasteiger partial charge >= 0.3 is 0 Å². The second-order valence-corrected chi connectivity index (χ2v) is 6.48. The first kappa shape index (κ1) is 17.7. The smallest absolute Gasteiger partial charge is 0.231 e. The van der Waals surface area contributed by atoms with Crippen LogP contribution in [0.3, 0.4) is 0 Å². The van der Waals surface area contributed by atoms with Crippen LogP contribution in [0.25, 0.3) is 0 Å². The molecule has 2 aromatic carbocycles. The van der Waals surface area contributed by atoms with E-state index in [1.165, 1.54) is 11.1 Å². The lowest BCUT2D eigenvalue weighted by Gasteiger charge is -2.21. The zero-order valence-electron chi connectivity index (χ0n) is 14.8. The van der Waals surface area contributed by atoms with Crippen LogP contribution in [0.4, 0.5) is 0 Å². The molecule has 0 saturated carbocycles. The average Bonchev–Trinajstić information content (AvgIpc) is 3.04. The van der Waals surface area contributed by atoms with E-state index in [9.17, 15) is 5.11 Å². The Morgan fingerprint density at radius 1 is 1.16 bits per heavy atom. The van der Waals surface area contributed by atoms with E-state index in [-0.39, 0.29) is 6.79 Å². The van der Waals surface area contributed by atoms with Crippen molar-refractivity contribution in [3.8, 4) is 11.5 Å². The molecule has 1 aliphatic heterocycles. The second kappa shape index (κ2) is 8.34. The third-order valence-corrected chi connectivity index (χ3v) is 4.24. The molecule has 25 heavy (non-hydrogen) atoms. The molecular formula is C20H25NO4. The van der Waals surface area contributed by atoms with Crippen molar-refractivity contribution in [3.05, 3.63) is 59.2 Å². The average molecular weight is 343 g/mol. The number of nitrogens with zero attached hydrogens (tertiary/aromatic N) is 1. The summed E-state index contributed by atoms with van der Waals surface area (Å²) in [4.78, 5) is 2.11. The predicted octanol–water partition coefficient (Wildman–Crippen LogP) is 2.73. The lowest BCUT2D eigenvalue weighted by atomic mass is 10.1. The first-order valence-corrected chi connectivity index (χ1v) is 8.49. The largest absolute Gasteiger partial charge is 0.454 e. The van der Waals surface area contributed by atoms with Gasteiger partial charge in [-0.3, -0.25) is 4.90 Å². The Morgan fingerprint density at radius 3 is 2.80 bits per heavy atom. The molecule has 0 aliphatic carbocycles. The lowest BCUT2D eigenvalue weighted by molar-refractivity contribution is 0.0126. The van der Waals surface area contributed by atoms with Gasteiger partial charge in [0.1, 0.15) is 0 Å². The van der Waals surface area contributed by atoms with Gasteiger partial charge in [0, 0.05) is 13.1 Å². The maximum Gasteiger partial charge on any atom is 0.231 e. The van der Waals surface area contributed by atoms with Crippen molar-refractivity contribution in [2.75, 3.05) is 27.0 Å². The number of aliphatic hydroxyl groups is 1. The molecule has 1 aliphatic rings. The monoisotopic (exact) mass is 343 g/mol. The number of ether oxygens (including phenoxy) is 3. The zero-order valence-corrected chi connectivity index (χ0v) is 14.8. The van der Waals surface area contributed by atoms with E-state index in [1.807, 2.05) is 37.4 Å². The summed E-state index contributed by atoms with van der Waals surface area (Å²) in [6.07, 6.45) is -0.525. The van der Waals surface area contributed by atoms with Gasteiger partial charge in [0.15, 0.2) is 11.5 Å². The molecule has 3 rings (SSSR count). The highest BCUT2D eigenvalue weighted by Crippen LogP contribution is 2.32. The number of likely N-dealkylation sites (N-methyl/N-ethyl adjacent to an activating group) is 1. The van der Waals surface area contributed by atoms with Gasteiger partial charge in [0.2, 0.25) is 6.79 Å². The van der Waals surface area contributed by atoms with E-state index >= 15 is 0 Å². The van der Waals surface area contributed by atoms with Crippen LogP contribution in [0.15, 0.2) is 42.5 Å². The Kier molecular flexibility index (Phi) is 5.91. The number of benzene rings is 2. The quantitative estimate of drug-likeness (QED) is 0.799. The van der Waals surface area contributed by atoms with Crippen molar-refractivity contribution in [3.63, 3.8) is 0 Å². The molecule has 0 radical (unpaired) electrons. The Bertz CT molecular complexity index is 704. The van der Waals surface area contributed by atoms with E-state index in [1.54, 1.807) is 0 Å². The maximum atomic E-state index is 10.2. The van der Waals surface area contributed by atoms with Crippen molar-refractivity contribution >= 4 is 0 Å². The first-order chi connectivity index (χ1) is 12.1. The third kappa shape index (κ3) is 4.95. The maximum absolute atomic E-state index is 10.2. The summed E-state index contributed by atoms with van der Waals surface area (Å²) in [7, 11) is 2.01. The number of fused-ring (bicyclic) bond motifs is 1. The summed E-state index contributed by atoms with van der Waals surface area (Å²) in [5, 5.41) is 10.2. The summed E-state index contributed by atoms with van der Waals surface area (Å²) >= 11 is 0. The number of aryl methyl sites for hydroxylation is 1. The Morgan fingerprint density at radius 2 is 1.96 bits per heavy atom. The normalized spacial score (nSPS) is 14.1. The second-order valence-electron chi connectivity index (χ2n) is 6.48. The van der Waals surface area contributed by atoms with Crippen molar-refractivity contribution in [2.24, 2.45) is 0 Å². The number of hydrogen-bond donors (Lipinski definition) is 1. The molecular weight excluding hydrogens is 318 g/mol. The van der Waals surface area contributed by atoms with E-state index in [4.69, 9.17) is 14.2 Å². The van der Waals surface area contributed by atoms with Crippen LogP contribution in [-0.4, -0.2) is 43.1 Å². The van der Waals surface area contributed by atoms with Gasteiger partial charge in [0.05, 0.1) is 19.3 Å². The molecule has 0 bridgehead atoms. The Hall–Kier alpha value is -2.08. The Balaban J connectivity index is 1.40. The highest BCUT2D eigenvalue weighted by Gasteiger charge is 2.14. The van der Waals surface area contributed by atoms with Crippen molar-refractivity contribution in [1.82, 2.24) is 4.90 Å². The van der Waals surface area contributed by atoms with E-state index < -0.39 is 6.10 Å². The highest BCUT2D eigenvalue weighted by atomic mass is 16.7. The first-order valence-electron chi connectivity index (χ1n) is 8.49. The highest BCUT2D eigenvalue weighted by molar-refractivity contribution is 5.44. The van der Waals surface area contributed by atoms with Crippen molar-refractivity contribution < 1.29 is 19.3 Å². The molecule has 0 fully saturated rings. The number of hydrogen-bond acceptors (Lipinski definition) is 5. The molecule has 5 nitrogen and oxygen atoms in total. The molecule has 2 aromatic rings. The van der Waals surface area contributed by atoms with Crippen LogP contribution in [0.5, 0.6) is 11.5 Å². The molecule has 0 saturated heterocycles. The lowest BCUT2D eigenvalue weighted by Crippen LogP contribution is -2.32. The fourth-order valence-electron chi connectivity index (χ4n) is 2.90. The van der Waals surface area contributed by atoms with Gasteiger partial charge in [-0.1, -0.05) is 30.3 Å². The number of aliphatic hydroxyl groups excluding tert-OH is 1. The van der Waals surface area contributed by atoms with E-state index in [2.05, 4.69) is 24.0 Å². The summed E-state index contributed by atoms with van der Waals surface area (Å²) in [5.74, 6) is 1.52. The minimum Gasteiger partial charge on any atom is -0.454 e. The summed E-state index contributed by atoms with van der Waals surface area (Å²) < 4.78 is 16.3. The van der Waals surface area contributed by atoms with Gasteiger partial charge in [-0.25, -0.2) is 0 Å². The van der Waals surface area contributed by atoms with Crippen molar-refractivity contribution in [2.45, 2.75) is 26.2 Å². The van der Waals surface area contributed by atoms with Crippen LogP contribution >= 0.6 is 0 Å². The standard InChI is InChI=1S/C20H25NO4/c1-15-5-3-4-6-17(15)10-21(2)11-18(22)13-23-12-16-7-8-19-20(9-16)25-14-24-19/h3-9,18,22H,10-14H2,1-2H3/t18-/m0/s1.